The van der Waals surface area contributed by atoms with Gasteiger partial charge in [-0.3, -0.25) is 9.59 Å². The standard InChI is InChI=1S/C28H27Cl2N3O6/c1-3-13-38-21-9-6-19(7-10-21)28(36)39-24-12-5-18(14-25(24)37-4-2)16-32-33-26(34)17-31-27(35)20-8-11-22(29)23(30)15-20/h5-12,14-16H,3-4,13,17H2,1-2H3,(H,31,35)(H,33,34)/b32-16-. The fraction of sp³-hybridized carbons (Fsp3) is 0.214. The number of hydrogen-bond acceptors (Lipinski definition) is 7. The van der Waals surface area contributed by atoms with Crippen LogP contribution in [0.25, 0.3) is 0 Å². The summed E-state index contributed by atoms with van der Waals surface area (Å²) in [5.74, 6) is -0.332. The van der Waals surface area contributed by atoms with Crippen molar-refractivity contribution in [3.63, 3.8) is 0 Å². The number of amides is 2. The van der Waals surface area contributed by atoms with Crippen molar-refractivity contribution < 1.29 is 28.6 Å². The van der Waals surface area contributed by atoms with E-state index in [0.29, 0.717) is 40.9 Å². The monoisotopic (exact) mass is 571 g/mol. The highest BCUT2D eigenvalue weighted by Crippen LogP contribution is 2.29. The number of halogens is 2. The Morgan fingerprint density at radius 1 is 0.872 bits per heavy atom. The van der Waals surface area contributed by atoms with E-state index in [1.54, 1.807) is 49.4 Å². The zero-order chi connectivity index (χ0) is 28.2. The highest BCUT2D eigenvalue weighted by Gasteiger charge is 2.14. The average Bonchev–Trinajstić information content (AvgIpc) is 2.93. The van der Waals surface area contributed by atoms with Crippen molar-refractivity contribution in [2.75, 3.05) is 19.8 Å². The fourth-order valence-electron chi connectivity index (χ4n) is 3.14. The van der Waals surface area contributed by atoms with Crippen LogP contribution in [0.3, 0.4) is 0 Å². The van der Waals surface area contributed by atoms with Crippen molar-refractivity contribution in [3.8, 4) is 17.2 Å². The van der Waals surface area contributed by atoms with Gasteiger partial charge in [-0.05, 0) is 79.6 Å². The molecule has 9 nitrogen and oxygen atoms in total. The van der Waals surface area contributed by atoms with Crippen LogP contribution in [0.2, 0.25) is 10.0 Å². The van der Waals surface area contributed by atoms with E-state index in [4.69, 9.17) is 37.4 Å². The van der Waals surface area contributed by atoms with Crippen molar-refractivity contribution in [3.05, 3.63) is 87.4 Å². The first kappa shape index (κ1) is 29.5. The molecule has 0 aromatic heterocycles. The number of benzene rings is 3. The Labute approximate surface area is 236 Å². The molecule has 0 aliphatic rings. The normalized spacial score (nSPS) is 10.7. The largest absolute Gasteiger partial charge is 0.494 e. The summed E-state index contributed by atoms with van der Waals surface area (Å²) < 4.78 is 16.7. The molecule has 0 spiro atoms. The first-order valence-electron chi connectivity index (χ1n) is 12.1. The van der Waals surface area contributed by atoms with Crippen LogP contribution in [0.15, 0.2) is 65.8 Å². The maximum absolute atomic E-state index is 12.6. The van der Waals surface area contributed by atoms with E-state index < -0.39 is 17.8 Å². The van der Waals surface area contributed by atoms with Crippen LogP contribution in [-0.4, -0.2) is 43.8 Å². The molecular weight excluding hydrogens is 545 g/mol. The second kappa shape index (κ2) is 14.8. The zero-order valence-electron chi connectivity index (χ0n) is 21.3. The Hall–Kier alpha value is -4.08. The van der Waals surface area contributed by atoms with Crippen molar-refractivity contribution in [1.29, 1.82) is 0 Å². The van der Waals surface area contributed by atoms with Gasteiger partial charge in [0, 0.05) is 5.56 Å². The average molecular weight is 572 g/mol. The number of nitrogens with one attached hydrogen (secondary N) is 2. The van der Waals surface area contributed by atoms with E-state index in [1.807, 2.05) is 6.92 Å². The molecule has 2 amide bonds. The van der Waals surface area contributed by atoms with E-state index in [-0.39, 0.29) is 22.9 Å². The van der Waals surface area contributed by atoms with Crippen LogP contribution < -0.4 is 25.0 Å². The van der Waals surface area contributed by atoms with Crippen molar-refractivity contribution in [1.82, 2.24) is 10.7 Å². The lowest BCUT2D eigenvalue weighted by molar-refractivity contribution is -0.120. The van der Waals surface area contributed by atoms with Gasteiger partial charge < -0.3 is 19.5 Å². The van der Waals surface area contributed by atoms with Gasteiger partial charge in [0.2, 0.25) is 0 Å². The molecular formula is C28H27Cl2N3O6. The summed E-state index contributed by atoms with van der Waals surface area (Å²) in [4.78, 5) is 36.9. The van der Waals surface area contributed by atoms with Crippen LogP contribution in [0.5, 0.6) is 17.2 Å². The molecule has 0 heterocycles. The van der Waals surface area contributed by atoms with Crippen molar-refractivity contribution in [2.45, 2.75) is 20.3 Å². The van der Waals surface area contributed by atoms with E-state index in [0.717, 1.165) is 6.42 Å². The Bertz CT molecular complexity index is 1350. The molecule has 204 valence electrons. The zero-order valence-corrected chi connectivity index (χ0v) is 22.8. The smallest absolute Gasteiger partial charge is 0.343 e. The fourth-order valence-corrected chi connectivity index (χ4v) is 3.44. The number of nitrogens with zero attached hydrogens (tertiary/aromatic N) is 1. The lowest BCUT2D eigenvalue weighted by atomic mass is 10.2. The van der Waals surface area contributed by atoms with Crippen molar-refractivity contribution in [2.24, 2.45) is 5.10 Å². The minimum Gasteiger partial charge on any atom is -0.494 e. The van der Waals surface area contributed by atoms with Gasteiger partial charge >= 0.3 is 5.97 Å². The predicted octanol–water partition coefficient (Wildman–Crippen LogP) is 5.28. The van der Waals surface area contributed by atoms with Gasteiger partial charge in [0.25, 0.3) is 11.8 Å². The SMILES string of the molecule is CCCOc1ccc(C(=O)Oc2ccc(/C=N\NC(=O)CNC(=O)c3ccc(Cl)c(Cl)c3)cc2OCC)cc1. The van der Waals surface area contributed by atoms with E-state index in [9.17, 15) is 14.4 Å². The summed E-state index contributed by atoms with van der Waals surface area (Å²) in [5, 5.41) is 6.92. The Balaban J connectivity index is 1.56. The number of rotatable bonds is 12. The second-order valence-electron chi connectivity index (χ2n) is 8.01. The summed E-state index contributed by atoms with van der Waals surface area (Å²) in [6.45, 7) is 4.44. The van der Waals surface area contributed by atoms with E-state index in [1.165, 1.54) is 24.4 Å². The molecule has 3 aromatic rings. The third-order valence-electron chi connectivity index (χ3n) is 5.03. The third-order valence-corrected chi connectivity index (χ3v) is 5.77. The summed E-state index contributed by atoms with van der Waals surface area (Å²) in [7, 11) is 0. The van der Waals surface area contributed by atoms with E-state index >= 15 is 0 Å². The quantitative estimate of drug-likeness (QED) is 0.132. The number of esters is 1. The third kappa shape index (κ3) is 9.01. The Kier molecular flexibility index (Phi) is 11.1. The van der Waals surface area contributed by atoms with Gasteiger partial charge in [0.1, 0.15) is 5.75 Å². The molecule has 3 aromatic carbocycles. The van der Waals surface area contributed by atoms with Crippen LogP contribution in [0, 0.1) is 0 Å². The topological polar surface area (TPSA) is 115 Å². The molecule has 2 N–H and O–H groups in total. The molecule has 3 rings (SSSR count). The highest BCUT2D eigenvalue weighted by atomic mass is 35.5. The molecule has 11 heteroatoms. The molecule has 0 saturated heterocycles. The van der Waals surface area contributed by atoms with Gasteiger partial charge in [-0.25, -0.2) is 10.2 Å². The summed E-state index contributed by atoms with van der Waals surface area (Å²) in [6.07, 6.45) is 2.28. The molecule has 0 saturated carbocycles. The van der Waals surface area contributed by atoms with Crippen LogP contribution in [0.1, 0.15) is 46.5 Å². The van der Waals surface area contributed by atoms with Crippen LogP contribution in [-0.2, 0) is 4.79 Å². The molecule has 0 aliphatic heterocycles. The number of hydrogen-bond donors (Lipinski definition) is 2. The minimum absolute atomic E-state index is 0.233. The highest BCUT2D eigenvalue weighted by molar-refractivity contribution is 6.42. The molecule has 0 radical (unpaired) electrons. The minimum atomic E-state index is -0.547. The van der Waals surface area contributed by atoms with Crippen LogP contribution in [0.4, 0.5) is 0 Å². The number of carbonyl (C=O) groups excluding carboxylic acids is 3. The molecule has 0 bridgehead atoms. The first-order valence-corrected chi connectivity index (χ1v) is 12.8. The van der Waals surface area contributed by atoms with Gasteiger partial charge in [0.15, 0.2) is 11.5 Å². The van der Waals surface area contributed by atoms with Gasteiger partial charge in [-0.15, -0.1) is 0 Å². The maximum atomic E-state index is 12.6. The van der Waals surface area contributed by atoms with Crippen molar-refractivity contribution >= 4 is 47.2 Å². The van der Waals surface area contributed by atoms with Crippen LogP contribution >= 0.6 is 23.2 Å². The maximum Gasteiger partial charge on any atom is 0.343 e. The number of ether oxygens (including phenoxy) is 3. The van der Waals surface area contributed by atoms with Gasteiger partial charge in [0.05, 0.1) is 41.6 Å². The molecule has 0 aliphatic carbocycles. The summed E-state index contributed by atoms with van der Waals surface area (Å²) >= 11 is 11.8. The Morgan fingerprint density at radius 2 is 1.62 bits per heavy atom. The summed E-state index contributed by atoms with van der Waals surface area (Å²) in [6, 6.07) is 15.9. The van der Waals surface area contributed by atoms with Gasteiger partial charge in [-0.2, -0.15) is 5.10 Å². The lowest BCUT2D eigenvalue weighted by Crippen LogP contribution is -2.34. The second-order valence-corrected chi connectivity index (χ2v) is 8.82. The van der Waals surface area contributed by atoms with E-state index in [2.05, 4.69) is 15.8 Å². The first-order chi connectivity index (χ1) is 18.8. The van der Waals surface area contributed by atoms with Gasteiger partial charge in [-0.1, -0.05) is 30.1 Å². The molecule has 0 fully saturated rings. The summed E-state index contributed by atoms with van der Waals surface area (Å²) in [5.41, 5.74) is 3.54. The Morgan fingerprint density at radius 3 is 2.31 bits per heavy atom. The number of carbonyl (C=O) groups is 3. The molecule has 0 atom stereocenters. The predicted molar refractivity (Wildman–Crippen MR) is 149 cm³/mol. The molecule has 0 unspecified atom stereocenters. The number of hydrazone groups is 1. The lowest BCUT2D eigenvalue weighted by Gasteiger charge is -2.12. The molecule has 39 heavy (non-hydrogen) atoms.